The molecule has 0 radical (unpaired) electrons. The summed E-state index contributed by atoms with van der Waals surface area (Å²) in [4.78, 5) is 10.0. The molecule has 11 heavy (non-hydrogen) atoms. The predicted molar refractivity (Wildman–Crippen MR) is 34.7 cm³/mol. The minimum Gasteiger partial charge on any atom is -0.462 e. The Morgan fingerprint density at radius 2 is 2.36 bits per heavy atom. The van der Waals surface area contributed by atoms with Gasteiger partial charge in [0.25, 0.3) is 6.47 Å². The van der Waals surface area contributed by atoms with Gasteiger partial charge >= 0.3 is 0 Å². The summed E-state index contributed by atoms with van der Waals surface area (Å²) in [6, 6.07) is 0. The molecule has 0 saturated carbocycles. The molecule has 2 aliphatic rings. The van der Waals surface area contributed by atoms with Gasteiger partial charge in [0.1, 0.15) is 6.10 Å². The van der Waals surface area contributed by atoms with Gasteiger partial charge in [0.05, 0.1) is 19.1 Å². The van der Waals surface area contributed by atoms with E-state index < -0.39 is 0 Å². The topological polar surface area (TPSA) is 44.8 Å². The van der Waals surface area contributed by atoms with Crippen LogP contribution < -0.4 is 0 Å². The zero-order valence-electron chi connectivity index (χ0n) is 6.06. The van der Waals surface area contributed by atoms with E-state index in [0.29, 0.717) is 19.7 Å². The Hall–Kier alpha value is -0.610. The van der Waals surface area contributed by atoms with Crippen LogP contribution in [-0.2, 0) is 19.0 Å². The van der Waals surface area contributed by atoms with Crippen molar-refractivity contribution in [2.24, 2.45) is 5.92 Å². The summed E-state index contributed by atoms with van der Waals surface area (Å²) in [6.07, 6.45) is 0.725. The van der Waals surface area contributed by atoms with Gasteiger partial charge in [-0.2, -0.15) is 0 Å². The summed E-state index contributed by atoms with van der Waals surface area (Å²) < 4.78 is 15.3. The van der Waals surface area contributed by atoms with Crippen LogP contribution in [-0.4, -0.2) is 32.1 Å². The van der Waals surface area contributed by atoms with Crippen LogP contribution in [0.4, 0.5) is 0 Å². The Labute approximate surface area is 64.4 Å². The quantitative estimate of drug-likeness (QED) is 0.527. The summed E-state index contributed by atoms with van der Waals surface area (Å²) in [6.45, 7) is 1.68. The molecule has 62 valence electrons. The summed E-state index contributed by atoms with van der Waals surface area (Å²) >= 11 is 0. The molecule has 3 atom stereocenters. The van der Waals surface area contributed by atoms with Gasteiger partial charge in [-0.25, -0.2) is 0 Å². The molecule has 2 saturated heterocycles. The average molecular weight is 158 g/mol. The highest BCUT2D eigenvalue weighted by Gasteiger charge is 2.42. The molecule has 0 aromatic carbocycles. The van der Waals surface area contributed by atoms with Crippen molar-refractivity contribution in [1.29, 1.82) is 0 Å². The van der Waals surface area contributed by atoms with Crippen molar-refractivity contribution < 1.29 is 19.0 Å². The molecular weight excluding hydrogens is 148 g/mol. The van der Waals surface area contributed by atoms with Gasteiger partial charge in [0, 0.05) is 0 Å². The summed E-state index contributed by atoms with van der Waals surface area (Å²) in [5.74, 6) is 0.264. The van der Waals surface area contributed by atoms with Crippen molar-refractivity contribution in [3.8, 4) is 0 Å². The zero-order chi connectivity index (χ0) is 7.68. The van der Waals surface area contributed by atoms with Gasteiger partial charge in [0.15, 0.2) is 6.29 Å². The van der Waals surface area contributed by atoms with E-state index in [9.17, 15) is 4.79 Å². The standard InChI is InChI=1S/C7H10O4/c8-4-11-6-3-10-7-5(6)1-2-9-7/h4-7H,1-3H2/t5-,6+,7+/m0/s1. The van der Waals surface area contributed by atoms with Crippen LogP contribution in [0.2, 0.25) is 0 Å². The van der Waals surface area contributed by atoms with E-state index >= 15 is 0 Å². The third kappa shape index (κ3) is 1.12. The van der Waals surface area contributed by atoms with E-state index in [2.05, 4.69) is 0 Å². The van der Waals surface area contributed by atoms with E-state index in [0.717, 1.165) is 6.42 Å². The molecule has 2 aliphatic heterocycles. The number of hydrogen-bond donors (Lipinski definition) is 0. The van der Waals surface area contributed by atoms with Crippen molar-refractivity contribution in [2.45, 2.75) is 18.8 Å². The van der Waals surface area contributed by atoms with Gasteiger partial charge in [-0.05, 0) is 6.42 Å². The maximum Gasteiger partial charge on any atom is 0.293 e. The van der Waals surface area contributed by atoms with Crippen LogP contribution in [0.5, 0.6) is 0 Å². The second kappa shape index (κ2) is 2.79. The molecule has 0 aromatic heterocycles. The Balaban J connectivity index is 1.97. The fourth-order valence-corrected chi connectivity index (χ4v) is 1.64. The van der Waals surface area contributed by atoms with Crippen molar-refractivity contribution in [3.63, 3.8) is 0 Å². The fourth-order valence-electron chi connectivity index (χ4n) is 1.64. The molecule has 0 aromatic rings. The van der Waals surface area contributed by atoms with Crippen LogP contribution in [0, 0.1) is 5.92 Å². The van der Waals surface area contributed by atoms with Crippen LogP contribution >= 0.6 is 0 Å². The first-order valence-electron chi connectivity index (χ1n) is 3.74. The Morgan fingerprint density at radius 1 is 1.45 bits per heavy atom. The third-order valence-corrected chi connectivity index (χ3v) is 2.22. The molecule has 0 N–H and O–H groups in total. The first-order chi connectivity index (χ1) is 5.42. The maximum absolute atomic E-state index is 10.0. The highest BCUT2D eigenvalue weighted by molar-refractivity contribution is 5.37. The first-order valence-corrected chi connectivity index (χ1v) is 3.74. The van der Waals surface area contributed by atoms with Crippen molar-refractivity contribution >= 4 is 6.47 Å². The minimum atomic E-state index is -0.125. The molecule has 2 fully saturated rings. The molecule has 0 aliphatic carbocycles. The number of hydrogen-bond acceptors (Lipinski definition) is 4. The molecule has 0 unspecified atom stereocenters. The Morgan fingerprint density at radius 3 is 3.18 bits per heavy atom. The van der Waals surface area contributed by atoms with E-state index in [1.165, 1.54) is 0 Å². The number of fused-ring (bicyclic) bond motifs is 1. The van der Waals surface area contributed by atoms with E-state index in [4.69, 9.17) is 14.2 Å². The second-order valence-corrected chi connectivity index (χ2v) is 2.80. The predicted octanol–water partition coefficient (Wildman–Crippen LogP) is -0.0792. The highest BCUT2D eigenvalue weighted by atomic mass is 16.7. The van der Waals surface area contributed by atoms with Crippen molar-refractivity contribution in [2.75, 3.05) is 13.2 Å². The average Bonchev–Trinajstić information content (AvgIpc) is 2.53. The molecule has 4 nitrogen and oxygen atoms in total. The summed E-state index contributed by atoms with van der Waals surface area (Å²) in [5.41, 5.74) is 0. The minimum absolute atomic E-state index is 0.0833. The number of ether oxygens (including phenoxy) is 3. The molecule has 4 heteroatoms. The number of carbonyl (C=O) groups is 1. The first kappa shape index (κ1) is 7.06. The van der Waals surface area contributed by atoms with Gasteiger partial charge in [-0.1, -0.05) is 0 Å². The molecule has 2 rings (SSSR count). The maximum atomic E-state index is 10.0. The molecular formula is C7H10O4. The lowest BCUT2D eigenvalue weighted by atomic mass is 10.0. The van der Waals surface area contributed by atoms with E-state index in [1.807, 2.05) is 0 Å². The Kier molecular flexibility index (Phi) is 1.79. The van der Waals surface area contributed by atoms with Crippen molar-refractivity contribution in [1.82, 2.24) is 0 Å². The van der Waals surface area contributed by atoms with Gasteiger partial charge in [-0.15, -0.1) is 0 Å². The third-order valence-electron chi connectivity index (χ3n) is 2.22. The molecule has 0 spiro atoms. The molecule has 0 bridgehead atoms. The van der Waals surface area contributed by atoms with E-state index in [1.54, 1.807) is 0 Å². The van der Waals surface area contributed by atoms with Gasteiger partial charge in [0.2, 0.25) is 0 Å². The number of carbonyl (C=O) groups excluding carboxylic acids is 1. The second-order valence-electron chi connectivity index (χ2n) is 2.80. The lowest BCUT2D eigenvalue weighted by molar-refractivity contribution is -0.135. The molecule has 0 amide bonds. The fraction of sp³-hybridized carbons (Fsp3) is 0.857. The summed E-state index contributed by atoms with van der Waals surface area (Å²) in [7, 11) is 0. The van der Waals surface area contributed by atoms with E-state index in [-0.39, 0.29) is 18.3 Å². The van der Waals surface area contributed by atoms with Crippen LogP contribution in [0.25, 0.3) is 0 Å². The lowest BCUT2D eigenvalue weighted by Crippen LogP contribution is -2.22. The summed E-state index contributed by atoms with van der Waals surface area (Å²) in [5, 5.41) is 0. The van der Waals surface area contributed by atoms with Crippen LogP contribution in [0.3, 0.4) is 0 Å². The number of rotatable bonds is 2. The van der Waals surface area contributed by atoms with Crippen LogP contribution in [0.1, 0.15) is 6.42 Å². The largest absolute Gasteiger partial charge is 0.462 e. The zero-order valence-corrected chi connectivity index (χ0v) is 6.06. The molecule has 2 heterocycles. The van der Waals surface area contributed by atoms with Gasteiger partial charge < -0.3 is 14.2 Å². The lowest BCUT2D eigenvalue weighted by Gasteiger charge is -2.11. The van der Waals surface area contributed by atoms with Gasteiger partial charge in [-0.3, -0.25) is 4.79 Å². The van der Waals surface area contributed by atoms with Crippen molar-refractivity contribution in [3.05, 3.63) is 0 Å². The SMILES string of the molecule is O=CO[C@@H]1CO[C@H]2OCC[C@H]21. The normalized spacial score (nSPS) is 42.0. The Bertz CT molecular complexity index is 159. The highest BCUT2D eigenvalue weighted by Crippen LogP contribution is 2.32. The van der Waals surface area contributed by atoms with Crippen LogP contribution in [0.15, 0.2) is 0 Å². The smallest absolute Gasteiger partial charge is 0.293 e. The monoisotopic (exact) mass is 158 g/mol.